The lowest BCUT2D eigenvalue weighted by Crippen LogP contribution is -3.60. The van der Waals surface area contributed by atoms with Crippen LogP contribution in [0.1, 0.15) is 25.7 Å². The molecule has 0 aromatic carbocycles. The molecule has 38 spiro atoms. The van der Waals surface area contributed by atoms with E-state index < -0.39 is 0 Å². The second-order valence-corrected chi connectivity index (χ2v) is 59.3. The summed E-state index contributed by atoms with van der Waals surface area (Å²) in [5, 5.41) is 0. The molecule has 0 aliphatic heterocycles. The molecule has 92 heavy (non-hydrogen) atoms. The molecule has 64 rings (SSSR count). The van der Waals surface area contributed by atoms with Crippen molar-refractivity contribution in [1.29, 1.82) is 0 Å². The van der Waals surface area contributed by atoms with Crippen LogP contribution in [0.4, 0.5) is 0 Å². The first-order valence-corrected chi connectivity index (χ1v) is 45.8. The Balaban J connectivity index is 0.470. The highest BCUT2D eigenvalue weighted by molar-refractivity contribution is 6.10. The maximum atomic E-state index is 1.84. The molecule has 0 nitrogen and oxygen atoms in total. The Morgan fingerprint density at radius 2 is 0.272 bits per heavy atom. The van der Waals surface area contributed by atoms with E-state index in [9.17, 15) is 0 Å². The number of fused-ring (bicyclic) bond motifs is 42. The SMILES string of the molecule is C1C2C3CC4C3C2C1C1C2C3C4C4C5C6C7C8C9C%10C%11C%12C%13C%14C%15C%16C%17C%18C%19C%20C%21C%22CC%23C%24CC%25C%26C%27C%28C%29C%30C%31C%32C%33C%34C%35C%36C%37C%38C%39C%40C%41C%42C1C21C34C52C%421C%411C62C72C%401C%391C82C92C%381C%371C%102C%112C%361C%351C%122C%132C%143C%154C%165C%176C%187C%198C%209C%21%10C%23%22C%24%25C%26%10C%279C%288C%297C%306C%315C%324C%333C%3412. The fourth-order valence-corrected chi connectivity index (χ4v) is 98.4. The van der Waals surface area contributed by atoms with Crippen LogP contribution in [-0.4, -0.2) is 0 Å². The maximum Gasteiger partial charge on any atom is -0.00502 e. The molecule has 0 amide bonds. The van der Waals surface area contributed by atoms with Gasteiger partial charge in [0.2, 0.25) is 0 Å². The van der Waals surface area contributed by atoms with E-state index >= 15 is 0 Å². The lowest BCUT2D eigenvalue weighted by molar-refractivity contribution is -1.16. The number of hydrogen-bond donors (Lipinski definition) is 0. The van der Waals surface area contributed by atoms with Gasteiger partial charge in [-0.25, -0.2) is 0 Å². The van der Waals surface area contributed by atoms with Gasteiger partial charge in [-0.1, -0.05) is 0 Å². The van der Waals surface area contributed by atoms with Gasteiger partial charge in [0.1, 0.15) is 0 Å². The van der Waals surface area contributed by atoms with Gasteiger partial charge < -0.3 is 0 Å². The molecular formula is C92H58. The van der Waals surface area contributed by atoms with E-state index in [0.717, 1.165) is 206 Å². The van der Waals surface area contributed by atoms with Crippen molar-refractivity contribution in [2.45, 2.75) is 25.7 Å². The van der Waals surface area contributed by atoms with E-state index in [1.54, 1.807) is 0 Å². The summed E-state index contributed by atoms with van der Waals surface area (Å²) in [5.41, 5.74) is 42.5. The Morgan fingerprint density at radius 1 is 0.109 bits per heavy atom. The molecule has 64 fully saturated rings. The molecule has 0 N–H and O–H groups in total. The normalized spacial score (nSPS) is 139. The standard InChI is InChI=1S/C92H58/c1-5-6-2-8-14(6)13(5)7(1)15-19-20-16(8)22-26-30-34-38-42-46-50-54-52-48-44-40-36-32-28-24-18-12-4-10-9-3-11-17-23-27-31-35-39-43-47-51-53-49-45-41-37-33-29-25-21(15)57(19)58(20,22)62(26)61(25,57)65(29)66(30,62)70(34)69(33,65)73(37)74(38,70)78(42)77(41,73)81(45)82(46,78)86(50)85(49,81)89(53)90(54,86)92(52)88(48)84(44)80(40)76(36)72(32)68(28)64(24)60(18)56(10,12)55(9,11)59(17,60)63(23,64)67(27,68)71(31,72)75(35,76)79(39,80)83(43,84)87(47,88)91(51,89)92/h5-54H,1-4H2. The highest BCUT2D eigenvalue weighted by Gasteiger charge is 3.65. The van der Waals surface area contributed by atoms with Crippen molar-refractivity contribution in [2.75, 3.05) is 0 Å². The van der Waals surface area contributed by atoms with Crippen LogP contribution in [-0.2, 0) is 0 Å². The predicted octanol–water partition coefficient (Wildman–Crippen LogP) is 7.71. The molecule has 64 aliphatic rings. The van der Waals surface area contributed by atoms with Crippen molar-refractivity contribution in [1.82, 2.24) is 0 Å². The third-order valence-corrected chi connectivity index (χ3v) is 78.5. The quantitative estimate of drug-likeness (QED) is 0.234. The fourth-order valence-electron chi connectivity index (χ4n) is 98.4. The first-order valence-electron chi connectivity index (χ1n) is 45.8. The minimum atomic E-state index is 1.09. The summed E-state index contributed by atoms with van der Waals surface area (Å²) in [5.74, 6) is 70.4. The van der Waals surface area contributed by atoms with Gasteiger partial charge in [0.05, 0.1) is 0 Å². The minimum Gasteiger partial charge on any atom is -0.0465 e. The Bertz CT molecular complexity index is 6130. The third kappa shape index (κ3) is 0.769. The summed E-state index contributed by atoms with van der Waals surface area (Å²) in [7, 11) is 0. The Hall–Kier alpha value is 0. The maximum absolute atomic E-state index is 1.84. The molecule has 64 aliphatic carbocycles. The largest absolute Gasteiger partial charge is 0.0465 e. The molecule has 426 valence electrons. The molecule has 0 heteroatoms. The van der Waals surface area contributed by atoms with Crippen molar-refractivity contribution in [3.05, 3.63) is 0 Å². The van der Waals surface area contributed by atoms with E-state index in [0.29, 0.717) is 0 Å². The minimum absolute atomic E-state index is 1.09. The lowest BCUT2D eigenvalue weighted by atomic mass is 8.42. The second-order valence-electron chi connectivity index (χ2n) is 59.3. The Morgan fingerprint density at radius 3 is 0.489 bits per heavy atom. The molecule has 0 bridgehead atoms. The lowest BCUT2D eigenvalue weighted by Gasteiger charge is -3.61. The van der Waals surface area contributed by atoms with Crippen LogP contribution in [0.5, 0.6) is 0 Å². The van der Waals surface area contributed by atoms with Crippen molar-refractivity contribution in [2.24, 2.45) is 502 Å². The van der Waals surface area contributed by atoms with E-state index in [1.165, 1.54) is 296 Å². The molecule has 88 atom stereocenters. The average Bonchev–Trinajstić information content (AvgIpc) is 0.437. The second kappa shape index (κ2) is 5.05. The highest BCUT2D eigenvalue weighted by atomic mass is 15.7. The molecule has 88 unspecified atom stereocenters. The van der Waals surface area contributed by atoms with Crippen molar-refractivity contribution in [3.8, 4) is 0 Å². The van der Waals surface area contributed by atoms with Gasteiger partial charge in [-0.15, -0.1) is 0 Å². The molecule has 64 saturated carbocycles. The summed E-state index contributed by atoms with van der Waals surface area (Å²) >= 11 is 0. The highest BCUT2D eigenvalue weighted by Crippen LogP contribution is 3.67. The predicted molar refractivity (Wildman–Crippen MR) is 285 cm³/mol. The summed E-state index contributed by atoms with van der Waals surface area (Å²) < 4.78 is 0. The van der Waals surface area contributed by atoms with Crippen molar-refractivity contribution < 1.29 is 0 Å². The number of rotatable bonds is 0. The van der Waals surface area contributed by atoms with Crippen LogP contribution in [0, 0.1) is 502 Å². The van der Waals surface area contributed by atoms with Crippen LogP contribution in [0.3, 0.4) is 0 Å². The molecule has 0 saturated heterocycles. The van der Waals surface area contributed by atoms with Crippen molar-refractivity contribution in [3.63, 3.8) is 0 Å². The summed E-state index contributed by atoms with van der Waals surface area (Å²) in [6.45, 7) is 0. The Kier molecular flexibility index (Phi) is 1.74. The average molecular weight is 1160 g/mol. The van der Waals surface area contributed by atoms with Gasteiger partial charge >= 0.3 is 0 Å². The fraction of sp³-hybridized carbons (Fsp3) is 1.00. The zero-order chi connectivity index (χ0) is 50.7. The van der Waals surface area contributed by atoms with Crippen LogP contribution >= 0.6 is 0 Å². The Labute approximate surface area is 524 Å². The van der Waals surface area contributed by atoms with Gasteiger partial charge in [-0.2, -0.15) is 0 Å². The van der Waals surface area contributed by atoms with Gasteiger partial charge in [-0.3, -0.25) is 0 Å². The van der Waals surface area contributed by atoms with Crippen LogP contribution in [0.15, 0.2) is 0 Å². The van der Waals surface area contributed by atoms with Gasteiger partial charge in [0.25, 0.3) is 0 Å². The van der Waals surface area contributed by atoms with Crippen LogP contribution in [0.25, 0.3) is 0 Å². The topological polar surface area (TPSA) is 0 Å². The first kappa shape index (κ1) is 31.7. The van der Waals surface area contributed by atoms with Crippen molar-refractivity contribution >= 4 is 0 Å². The first-order chi connectivity index (χ1) is 45.8. The van der Waals surface area contributed by atoms with Crippen LogP contribution in [0.2, 0.25) is 0 Å². The smallest absolute Gasteiger partial charge is 0.00502 e. The molecular weight excluding hydrogens is 1110 g/mol. The monoisotopic (exact) mass is 1160 g/mol. The zero-order valence-electron chi connectivity index (χ0n) is 50.7. The number of hydrogen-bond acceptors (Lipinski definition) is 0. The van der Waals surface area contributed by atoms with E-state index in [-0.39, 0.29) is 0 Å². The van der Waals surface area contributed by atoms with Gasteiger partial charge in [0, 0.05) is 0 Å². The summed E-state index contributed by atoms with van der Waals surface area (Å²) in [6, 6.07) is 0. The third-order valence-electron chi connectivity index (χ3n) is 78.5. The molecule has 0 aromatic rings. The van der Waals surface area contributed by atoms with E-state index in [2.05, 4.69) is 0 Å². The molecule has 0 aromatic heterocycles. The molecule has 0 heterocycles. The van der Waals surface area contributed by atoms with E-state index in [1.807, 2.05) is 25.7 Å². The van der Waals surface area contributed by atoms with Gasteiger partial charge in [0.15, 0.2) is 0 Å². The molecule has 0 radical (unpaired) electrons. The summed E-state index contributed by atoms with van der Waals surface area (Å²) in [4.78, 5) is 0. The van der Waals surface area contributed by atoms with Crippen LogP contribution < -0.4 is 0 Å². The van der Waals surface area contributed by atoms with E-state index in [4.69, 9.17) is 0 Å². The van der Waals surface area contributed by atoms with Gasteiger partial charge in [-0.05, 0) is 527 Å². The summed E-state index contributed by atoms with van der Waals surface area (Å²) in [6.07, 6.45) is 7.31. The zero-order valence-corrected chi connectivity index (χ0v) is 50.7.